The zero-order valence-electron chi connectivity index (χ0n) is 7.43. The van der Waals surface area contributed by atoms with Crippen molar-refractivity contribution in [2.75, 3.05) is 6.61 Å². The van der Waals surface area contributed by atoms with Crippen molar-refractivity contribution in [1.82, 2.24) is 0 Å². The van der Waals surface area contributed by atoms with Gasteiger partial charge in [-0.2, -0.15) is 0 Å². The van der Waals surface area contributed by atoms with Gasteiger partial charge in [-0.15, -0.1) is 0 Å². The molecule has 0 aromatic heterocycles. The summed E-state index contributed by atoms with van der Waals surface area (Å²) in [4.78, 5) is 0. The highest BCUT2D eigenvalue weighted by molar-refractivity contribution is 8.05. The predicted molar refractivity (Wildman–Crippen MR) is 54.0 cm³/mol. The number of hydrogen-bond donors (Lipinski definition) is 0. The molecule has 0 rings (SSSR count). The zero-order valence-corrected chi connectivity index (χ0v) is 9.83. The molecule has 0 atom stereocenters. The minimum absolute atomic E-state index is 0.386. The quantitative estimate of drug-likeness (QED) is 0.501. The molecule has 0 fully saturated rings. The zero-order chi connectivity index (χ0) is 9.61. The third-order valence-electron chi connectivity index (χ3n) is 1.42. The van der Waals surface area contributed by atoms with E-state index in [9.17, 15) is 4.57 Å². The van der Waals surface area contributed by atoms with Gasteiger partial charge in [-0.1, -0.05) is 26.7 Å². The number of halogens is 2. The van der Waals surface area contributed by atoms with Gasteiger partial charge < -0.3 is 4.52 Å². The van der Waals surface area contributed by atoms with Crippen LogP contribution in [0.1, 0.15) is 33.1 Å². The Bertz CT molecular complexity index is 155. The lowest BCUT2D eigenvalue weighted by molar-refractivity contribution is 0.317. The van der Waals surface area contributed by atoms with E-state index in [1.54, 1.807) is 0 Å². The van der Waals surface area contributed by atoms with Crippen molar-refractivity contribution < 1.29 is 9.09 Å². The van der Waals surface area contributed by atoms with Crippen LogP contribution in [0, 0.1) is 5.92 Å². The molecule has 0 spiro atoms. The molecule has 0 radical (unpaired) electrons. The fraction of sp³-hybridized carbons (Fsp3) is 1.00. The van der Waals surface area contributed by atoms with Crippen molar-refractivity contribution in [2.45, 2.75) is 33.1 Å². The average Bonchev–Trinajstić information content (AvgIpc) is 1.83. The molecule has 74 valence electrons. The van der Waals surface area contributed by atoms with E-state index in [2.05, 4.69) is 13.8 Å². The van der Waals surface area contributed by atoms with Crippen LogP contribution in [-0.2, 0) is 9.09 Å². The van der Waals surface area contributed by atoms with Gasteiger partial charge in [0.05, 0.1) is 6.61 Å². The number of rotatable bonds is 6. The summed E-state index contributed by atoms with van der Waals surface area (Å²) < 4.78 is 15.3. The second-order valence-electron chi connectivity index (χ2n) is 3.14. The Labute approximate surface area is 83.6 Å². The Kier molecular flexibility index (Phi) is 6.66. The molecular weight excluding hydrogens is 218 g/mol. The molecule has 0 heterocycles. The molecule has 0 unspecified atom stereocenters. The summed E-state index contributed by atoms with van der Waals surface area (Å²) in [5.41, 5.74) is 0. The van der Waals surface area contributed by atoms with Crippen LogP contribution in [0.15, 0.2) is 0 Å². The van der Waals surface area contributed by atoms with E-state index in [1.165, 1.54) is 0 Å². The Morgan fingerprint density at radius 1 is 1.33 bits per heavy atom. The molecule has 0 saturated carbocycles. The van der Waals surface area contributed by atoms with Crippen molar-refractivity contribution in [3.63, 3.8) is 0 Å². The molecule has 0 aromatic carbocycles. The molecule has 12 heavy (non-hydrogen) atoms. The highest BCUT2D eigenvalue weighted by atomic mass is 35.9. The standard InChI is InChI=1S/C7H15Cl2O2P/c1-7(2)5-3-4-6-11-12(8,9)10/h7H,3-6H2,1-2H3. The van der Waals surface area contributed by atoms with Crippen LogP contribution in [0.5, 0.6) is 0 Å². The number of unbranched alkanes of at least 4 members (excludes halogenated alkanes) is 1. The van der Waals surface area contributed by atoms with Gasteiger partial charge in [0.15, 0.2) is 0 Å². The Balaban J connectivity index is 3.17. The largest absolute Gasteiger partial charge is 0.380 e. The summed E-state index contributed by atoms with van der Waals surface area (Å²) >= 11 is 10.3. The molecule has 2 nitrogen and oxygen atoms in total. The molecule has 0 N–H and O–H groups in total. The third kappa shape index (κ3) is 10.8. The van der Waals surface area contributed by atoms with Crippen LogP contribution in [0.4, 0.5) is 0 Å². The lowest BCUT2D eigenvalue weighted by Crippen LogP contribution is -1.91. The van der Waals surface area contributed by atoms with Crippen LogP contribution in [-0.4, -0.2) is 6.61 Å². The first-order valence-electron chi connectivity index (χ1n) is 4.05. The van der Waals surface area contributed by atoms with E-state index in [0.29, 0.717) is 12.5 Å². The van der Waals surface area contributed by atoms with Crippen LogP contribution in [0.3, 0.4) is 0 Å². The minimum atomic E-state index is -3.29. The second-order valence-corrected chi connectivity index (χ2v) is 7.41. The average molecular weight is 233 g/mol. The van der Waals surface area contributed by atoms with Gasteiger partial charge in [0.25, 0.3) is 0 Å². The topological polar surface area (TPSA) is 26.3 Å². The van der Waals surface area contributed by atoms with E-state index < -0.39 is 6.07 Å². The molecular formula is C7H15Cl2O2P. The maximum absolute atomic E-state index is 10.6. The summed E-state index contributed by atoms with van der Waals surface area (Å²) in [5, 5.41) is 0. The van der Waals surface area contributed by atoms with Crippen molar-refractivity contribution in [2.24, 2.45) is 5.92 Å². The van der Waals surface area contributed by atoms with Crippen molar-refractivity contribution in [3.8, 4) is 0 Å². The first-order chi connectivity index (χ1) is 5.42. The predicted octanol–water partition coefficient (Wildman–Crippen LogP) is 4.42. The highest BCUT2D eigenvalue weighted by Crippen LogP contribution is 2.57. The molecule has 0 aliphatic carbocycles. The molecule has 0 aliphatic heterocycles. The van der Waals surface area contributed by atoms with Crippen LogP contribution < -0.4 is 0 Å². The molecule has 0 amide bonds. The Hall–Kier alpha value is 0.770. The van der Waals surface area contributed by atoms with Crippen LogP contribution in [0.25, 0.3) is 0 Å². The SMILES string of the molecule is CC(C)CCCCOP(=O)(Cl)Cl. The monoisotopic (exact) mass is 232 g/mol. The number of hydrogen-bond acceptors (Lipinski definition) is 2. The fourth-order valence-electron chi connectivity index (χ4n) is 0.825. The summed E-state index contributed by atoms with van der Waals surface area (Å²) in [7, 11) is 0. The second kappa shape index (κ2) is 6.26. The maximum atomic E-state index is 10.6. The first-order valence-corrected chi connectivity index (χ1v) is 7.49. The first kappa shape index (κ1) is 12.8. The summed E-state index contributed by atoms with van der Waals surface area (Å²) in [6, 6.07) is 0. The Morgan fingerprint density at radius 2 is 1.92 bits per heavy atom. The molecule has 0 aliphatic rings. The van der Waals surface area contributed by atoms with Crippen LogP contribution >= 0.6 is 28.6 Å². The van der Waals surface area contributed by atoms with Crippen molar-refractivity contribution in [3.05, 3.63) is 0 Å². The van der Waals surface area contributed by atoms with Gasteiger partial charge in [-0.25, -0.2) is 0 Å². The lowest BCUT2D eigenvalue weighted by atomic mass is 10.1. The van der Waals surface area contributed by atoms with Crippen molar-refractivity contribution in [1.29, 1.82) is 0 Å². The van der Waals surface area contributed by atoms with Gasteiger partial charge in [-0.05, 0) is 34.8 Å². The molecule has 0 saturated heterocycles. The van der Waals surface area contributed by atoms with Gasteiger partial charge in [0.1, 0.15) is 0 Å². The summed E-state index contributed by atoms with van der Waals surface area (Å²) in [6.45, 7) is 4.71. The van der Waals surface area contributed by atoms with Crippen molar-refractivity contribution >= 4 is 28.6 Å². The molecule has 0 aromatic rings. The third-order valence-corrected chi connectivity index (χ3v) is 2.49. The fourth-order valence-corrected chi connectivity index (χ4v) is 1.58. The van der Waals surface area contributed by atoms with E-state index >= 15 is 0 Å². The Morgan fingerprint density at radius 3 is 2.33 bits per heavy atom. The van der Waals surface area contributed by atoms with Gasteiger partial charge in [-0.3, -0.25) is 4.57 Å². The minimum Gasteiger partial charge on any atom is -0.306 e. The van der Waals surface area contributed by atoms with E-state index in [0.717, 1.165) is 19.3 Å². The lowest BCUT2D eigenvalue weighted by Gasteiger charge is -2.05. The molecule has 0 bridgehead atoms. The molecule has 5 heteroatoms. The van der Waals surface area contributed by atoms with Gasteiger partial charge in [0, 0.05) is 0 Å². The smallest absolute Gasteiger partial charge is 0.306 e. The van der Waals surface area contributed by atoms with E-state index in [4.69, 9.17) is 27.0 Å². The highest BCUT2D eigenvalue weighted by Gasteiger charge is 2.12. The normalized spacial score (nSPS) is 12.4. The summed E-state index contributed by atoms with van der Waals surface area (Å²) in [5.74, 6) is 0.698. The van der Waals surface area contributed by atoms with Crippen LogP contribution in [0.2, 0.25) is 0 Å². The van der Waals surface area contributed by atoms with Gasteiger partial charge >= 0.3 is 6.07 Å². The van der Waals surface area contributed by atoms with E-state index in [1.807, 2.05) is 0 Å². The summed E-state index contributed by atoms with van der Waals surface area (Å²) in [6.07, 6.45) is -0.210. The van der Waals surface area contributed by atoms with E-state index in [-0.39, 0.29) is 0 Å². The maximum Gasteiger partial charge on any atom is 0.380 e. The van der Waals surface area contributed by atoms with Gasteiger partial charge in [0.2, 0.25) is 0 Å².